The first-order chi connectivity index (χ1) is 11.3. The number of aromatic amines is 1. The number of carbonyl (C=O) groups excluding carboxylic acids is 1. The van der Waals surface area contributed by atoms with Crippen LogP contribution in [0.5, 0.6) is 0 Å². The number of nitrogens with one attached hydrogen (secondary N) is 1. The molecular weight excluding hydrogens is 394 g/mol. The number of piperazine rings is 1. The maximum absolute atomic E-state index is 12.8. The summed E-state index contributed by atoms with van der Waals surface area (Å²) in [5.41, 5.74) is 1.50. The van der Waals surface area contributed by atoms with Gasteiger partial charge < -0.3 is 9.88 Å². The second-order valence-electron chi connectivity index (χ2n) is 6.12. The molecule has 1 aromatic carbocycles. The number of hydrogen-bond acceptors (Lipinski definition) is 4. The molecule has 8 heteroatoms. The summed E-state index contributed by atoms with van der Waals surface area (Å²) in [6.45, 7) is 3.12. The minimum absolute atomic E-state index is 0.0270. The maximum Gasteiger partial charge on any atom is 0.271 e. The monoisotopic (exact) mass is 413 g/mol. The average molecular weight is 414 g/mol. The summed E-state index contributed by atoms with van der Waals surface area (Å²) in [7, 11) is -2.95. The van der Waals surface area contributed by atoms with Gasteiger partial charge in [-0.2, -0.15) is 0 Å². The van der Waals surface area contributed by atoms with Crippen molar-refractivity contribution in [3.8, 4) is 0 Å². The lowest BCUT2D eigenvalue weighted by Gasteiger charge is -2.34. The molecule has 0 radical (unpaired) electrons. The van der Waals surface area contributed by atoms with E-state index in [-0.39, 0.29) is 11.7 Å². The molecule has 2 heterocycles. The molecule has 1 amide bonds. The molecule has 2 aromatic rings. The van der Waals surface area contributed by atoms with Crippen LogP contribution in [0.25, 0.3) is 10.9 Å². The highest BCUT2D eigenvalue weighted by Gasteiger charge is 2.25. The summed E-state index contributed by atoms with van der Waals surface area (Å²) in [4.78, 5) is 19.9. The highest BCUT2D eigenvalue weighted by Crippen LogP contribution is 2.28. The van der Waals surface area contributed by atoms with Crippen molar-refractivity contribution < 1.29 is 13.2 Å². The molecule has 24 heavy (non-hydrogen) atoms. The number of benzene rings is 1. The predicted octanol–water partition coefficient (Wildman–Crippen LogP) is 1.73. The lowest BCUT2D eigenvalue weighted by atomic mass is 10.2. The number of halogens is 1. The molecule has 0 bridgehead atoms. The minimum atomic E-state index is -2.95. The molecule has 0 unspecified atom stereocenters. The quantitative estimate of drug-likeness (QED) is 0.827. The number of hydrogen-bond donors (Lipinski definition) is 1. The number of rotatable bonds is 4. The fraction of sp³-hybridized carbons (Fsp3) is 0.438. The summed E-state index contributed by atoms with van der Waals surface area (Å²) >= 11 is 3.52. The van der Waals surface area contributed by atoms with Crippen LogP contribution in [-0.4, -0.2) is 73.8 Å². The Morgan fingerprint density at radius 1 is 1.21 bits per heavy atom. The highest BCUT2D eigenvalue weighted by atomic mass is 79.9. The van der Waals surface area contributed by atoms with Gasteiger partial charge in [-0.25, -0.2) is 8.42 Å². The zero-order valence-corrected chi connectivity index (χ0v) is 15.9. The van der Waals surface area contributed by atoms with Crippen molar-refractivity contribution in [2.24, 2.45) is 0 Å². The van der Waals surface area contributed by atoms with Gasteiger partial charge in [-0.3, -0.25) is 9.69 Å². The lowest BCUT2D eigenvalue weighted by Crippen LogP contribution is -2.49. The van der Waals surface area contributed by atoms with Crippen molar-refractivity contribution in [2.45, 2.75) is 0 Å². The molecule has 1 aliphatic heterocycles. The molecular formula is C16H20BrN3O3S. The molecule has 0 spiro atoms. The first-order valence-electron chi connectivity index (χ1n) is 7.81. The largest absolute Gasteiger partial charge is 0.350 e. The topological polar surface area (TPSA) is 73.5 Å². The van der Waals surface area contributed by atoms with Crippen molar-refractivity contribution in [1.82, 2.24) is 14.8 Å². The molecule has 1 fully saturated rings. The molecule has 130 valence electrons. The van der Waals surface area contributed by atoms with E-state index >= 15 is 0 Å². The molecule has 0 aliphatic carbocycles. The summed E-state index contributed by atoms with van der Waals surface area (Å²) in [6.07, 6.45) is 1.25. The Kier molecular flexibility index (Phi) is 4.98. The molecule has 6 nitrogen and oxygen atoms in total. The van der Waals surface area contributed by atoms with Gasteiger partial charge in [0.2, 0.25) is 0 Å². The number of carbonyl (C=O) groups is 1. The molecule has 1 aliphatic rings. The van der Waals surface area contributed by atoms with Crippen LogP contribution in [0.15, 0.2) is 28.7 Å². The SMILES string of the molecule is CS(=O)(=O)CCN1CCN(C(=O)c2[nH]c3ccccc3c2Br)CC1. The van der Waals surface area contributed by atoms with Gasteiger partial charge in [0.1, 0.15) is 15.5 Å². The van der Waals surface area contributed by atoms with Crippen molar-refractivity contribution in [3.63, 3.8) is 0 Å². The Bertz CT molecular complexity index is 855. The Hall–Kier alpha value is -1.38. The Balaban J connectivity index is 1.65. The van der Waals surface area contributed by atoms with Crippen LogP contribution in [0.4, 0.5) is 0 Å². The summed E-state index contributed by atoms with van der Waals surface area (Å²) < 4.78 is 23.3. The number of para-hydroxylation sites is 1. The third-order valence-electron chi connectivity index (χ3n) is 4.29. The molecule has 1 saturated heterocycles. The number of sulfone groups is 1. The van der Waals surface area contributed by atoms with Crippen LogP contribution < -0.4 is 0 Å². The number of H-pyrrole nitrogens is 1. The summed E-state index contributed by atoms with van der Waals surface area (Å²) in [6, 6.07) is 7.78. The van der Waals surface area contributed by atoms with E-state index in [4.69, 9.17) is 0 Å². The molecule has 0 atom stereocenters. The maximum atomic E-state index is 12.8. The average Bonchev–Trinajstić information content (AvgIpc) is 2.89. The number of nitrogens with zero attached hydrogens (tertiary/aromatic N) is 2. The van der Waals surface area contributed by atoms with Gasteiger partial charge in [0, 0.05) is 49.9 Å². The van der Waals surface area contributed by atoms with Crippen molar-refractivity contribution in [1.29, 1.82) is 0 Å². The van der Waals surface area contributed by atoms with Crippen LogP contribution >= 0.6 is 15.9 Å². The van der Waals surface area contributed by atoms with E-state index < -0.39 is 9.84 Å². The molecule has 1 aromatic heterocycles. The summed E-state index contributed by atoms with van der Waals surface area (Å²) in [5.74, 6) is 0.134. The van der Waals surface area contributed by atoms with Gasteiger partial charge in [-0.05, 0) is 22.0 Å². The zero-order valence-electron chi connectivity index (χ0n) is 13.5. The van der Waals surface area contributed by atoms with E-state index in [1.54, 1.807) is 0 Å². The van der Waals surface area contributed by atoms with E-state index in [1.807, 2.05) is 29.2 Å². The van der Waals surface area contributed by atoms with Gasteiger partial charge in [-0.15, -0.1) is 0 Å². The standard InChI is InChI=1S/C16H20BrN3O3S/c1-24(22,23)11-10-19-6-8-20(9-7-19)16(21)15-14(17)12-4-2-3-5-13(12)18-15/h2-5,18H,6-11H2,1H3. The summed E-state index contributed by atoms with van der Waals surface area (Å²) in [5, 5.41) is 0.993. The van der Waals surface area contributed by atoms with E-state index in [0.717, 1.165) is 15.4 Å². The Labute approximate surface area is 149 Å². The van der Waals surface area contributed by atoms with E-state index in [2.05, 4.69) is 25.8 Å². The van der Waals surface area contributed by atoms with Crippen LogP contribution in [0.1, 0.15) is 10.5 Å². The van der Waals surface area contributed by atoms with Gasteiger partial charge in [0.15, 0.2) is 0 Å². The fourth-order valence-electron chi connectivity index (χ4n) is 2.88. The van der Waals surface area contributed by atoms with E-state index in [1.165, 1.54) is 6.26 Å². The number of fused-ring (bicyclic) bond motifs is 1. The highest BCUT2D eigenvalue weighted by molar-refractivity contribution is 9.10. The normalized spacial score (nSPS) is 16.7. The minimum Gasteiger partial charge on any atom is -0.350 e. The van der Waals surface area contributed by atoms with Crippen molar-refractivity contribution in [2.75, 3.05) is 44.7 Å². The van der Waals surface area contributed by atoms with Crippen molar-refractivity contribution >= 4 is 42.6 Å². The van der Waals surface area contributed by atoms with E-state index in [0.29, 0.717) is 38.4 Å². The second-order valence-corrected chi connectivity index (χ2v) is 9.18. The molecule has 0 saturated carbocycles. The first-order valence-corrected chi connectivity index (χ1v) is 10.7. The number of aromatic nitrogens is 1. The third kappa shape index (κ3) is 3.81. The van der Waals surface area contributed by atoms with Gasteiger partial charge in [-0.1, -0.05) is 18.2 Å². The van der Waals surface area contributed by atoms with Gasteiger partial charge in [0.05, 0.1) is 10.2 Å². The van der Waals surface area contributed by atoms with Crippen LogP contribution in [0.2, 0.25) is 0 Å². The van der Waals surface area contributed by atoms with E-state index in [9.17, 15) is 13.2 Å². The first kappa shape index (κ1) is 17.4. The third-order valence-corrected chi connectivity index (χ3v) is 6.04. The Morgan fingerprint density at radius 3 is 2.50 bits per heavy atom. The van der Waals surface area contributed by atoms with Gasteiger partial charge >= 0.3 is 0 Å². The number of amides is 1. The smallest absolute Gasteiger partial charge is 0.271 e. The Morgan fingerprint density at radius 2 is 1.88 bits per heavy atom. The second kappa shape index (κ2) is 6.85. The van der Waals surface area contributed by atoms with Gasteiger partial charge in [0.25, 0.3) is 5.91 Å². The van der Waals surface area contributed by atoms with Crippen LogP contribution in [0, 0.1) is 0 Å². The zero-order chi connectivity index (χ0) is 17.3. The van der Waals surface area contributed by atoms with Crippen LogP contribution in [0.3, 0.4) is 0 Å². The van der Waals surface area contributed by atoms with Crippen molar-refractivity contribution in [3.05, 3.63) is 34.4 Å². The molecule has 3 rings (SSSR count). The fourth-order valence-corrected chi connectivity index (χ4v) is 4.09. The molecule has 1 N–H and O–H groups in total. The lowest BCUT2D eigenvalue weighted by molar-refractivity contribution is 0.0638. The predicted molar refractivity (Wildman–Crippen MR) is 98.1 cm³/mol. The van der Waals surface area contributed by atoms with Crippen LogP contribution in [-0.2, 0) is 9.84 Å².